The molecule has 0 saturated heterocycles. The van der Waals surface area contributed by atoms with E-state index in [1.807, 2.05) is 30.3 Å². The Kier molecular flexibility index (Phi) is 4.85. The van der Waals surface area contributed by atoms with Gasteiger partial charge in [0.25, 0.3) is 0 Å². The number of nitrogens with one attached hydrogen (secondary N) is 1. The Labute approximate surface area is 181 Å². The van der Waals surface area contributed by atoms with Gasteiger partial charge in [-0.05, 0) is 60.0 Å². The van der Waals surface area contributed by atoms with E-state index in [-0.39, 0.29) is 18.6 Å². The fraction of sp³-hybridized carbons (Fsp3) is 0.320. The third kappa shape index (κ3) is 3.23. The predicted octanol–water partition coefficient (Wildman–Crippen LogP) is 4.51. The molecule has 3 aromatic rings. The van der Waals surface area contributed by atoms with Crippen LogP contribution >= 0.6 is 0 Å². The van der Waals surface area contributed by atoms with Crippen LogP contribution in [0.1, 0.15) is 33.5 Å². The molecular weight excluding hydrogens is 394 g/mol. The van der Waals surface area contributed by atoms with E-state index in [0.717, 1.165) is 47.0 Å². The molecule has 0 amide bonds. The van der Waals surface area contributed by atoms with E-state index in [1.54, 1.807) is 21.3 Å². The smallest absolute Gasteiger partial charge is 0.341 e. The summed E-state index contributed by atoms with van der Waals surface area (Å²) in [5.74, 6) is 1.95. The number of benzene rings is 3. The van der Waals surface area contributed by atoms with E-state index < -0.39 is 0 Å². The molecule has 5 rings (SSSR count). The number of hydrogen-bond acceptors (Lipinski definition) is 6. The summed E-state index contributed by atoms with van der Waals surface area (Å²) in [6.45, 7) is 0.290. The van der Waals surface area contributed by atoms with Crippen molar-refractivity contribution in [1.82, 2.24) is 0 Å². The SMILES string of the molecule is COc1cc2cc3c(c(N[C@H]4CCc5c(cccc5OC)C4)c2cc1OC)C(=O)OC3. The molecule has 1 aliphatic carbocycles. The van der Waals surface area contributed by atoms with Crippen molar-refractivity contribution in [1.29, 1.82) is 0 Å². The quantitative estimate of drug-likeness (QED) is 0.614. The molecule has 1 N–H and O–H groups in total. The van der Waals surface area contributed by atoms with Gasteiger partial charge in [0.1, 0.15) is 12.4 Å². The number of esters is 1. The van der Waals surface area contributed by atoms with Gasteiger partial charge in [0.05, 0.1) is 32.6 Å². The summed E-state index contributed by atoms with van der Waals surface area (Å²) in [6.07, 6.45) is 2.73. The van der Waals surface area contributed by atoms with Gasteiger partial charge in [0, 0.05) is 17.0 Å². The Bertz CT molecular complexity index is 1190. The lowest BCUT2D eigenvalue weighted by molar-refractivity contribution is 0.0536. The number of cyclic esters (lactones) is 1. The van der Waals surface area contributed by atoms with Gasteiger partial charge in [-0.2, -0.15) is 0 Å². The highest BCUT2D eigenvalue weighted by Gasteiger charge is 2.30. The van der Waals surface area contributed by atoms with Crippen molar-refractivity contribution in [2.24, 2.45) is 0 Å². The number of fused-ring (bicyclic) bond motifs is 3. The number of ether oxygens (including phenoxy) is 4. The molecule has 0 saturated carbocycles. The molecule has 1 heterocycles. The maximum absolute atomic E-state index is 12.6. The standard InChI is InChI=1S/C25H25NO5/c1-28-20-6-4-5-14-10-17(7-8-18(14)20)26-24-19-12-22(30-3)21(29-2)11-15(19)9-16-13-31-25(27)23(16)24/h4-6,9,11-12,17,26H,7-8,10,13H2,1-3H3/t17-/m0/s1. The first kappa shape index (κ1) is 19.5. The molecule has 0 bridgehead atoms. The zero-order chi connectivity index (χ0) is 21.5. The summed E-state index contributed by atoms with van der Waals surface area (Å²) in [5.41, 5.74) is 4.88. The second-order valence-electron chi connectivity index (χ2n) is 7.97. The highest BCUT2D eigenvalue weighted by molar-refractivity contribution is 6.10. The molecular formula is C25H25NO5. The van der Waals surface area contributed by atoms with Gasteiger partial charge in [-0.1, -0.05) is 12.1 Å². The second-order valence-corrected chi connectivity index (χ2v) is 7.97. The summed E-state index contributed by atoms with van der Waals surface area (Å²) in [4.78, 5) is 12.6. The molecule has 1 aliphatic heterocycles. The number of rotatable bonds is 5. The Morgan fingerprint density at radius 2 is 1.74 bits per heavy atom. The topological polar surface area (TPSA) is 66.0 Å². The molecule has 0 spiro atoms. The zero-order valence-corrected chi connectivity index (χ0v) is 17.9. The average molecular weight is 419 g/mol. The van der Waals surface area contributed by atoms with Crippen molar-refractivity contribution in [3.05, 3.63) is 58.7 Å². The van der Waals surface area contributed by atoms with Crippen molar-refractivity contribution >= 4 is 22.4 Å². The van der Waals surface area contributed by atoms with Crippen LogP contribution < -0.4 is 19.5 Å². The van der Waals surface area contributed by atoms with E-state index in [1.165, 1.54) is 11.1 Å². The number of carbonyl (C=O) groups excluding carboxylic acids is 1. The summed E-state index contributed by atoms with van der Waals surface area (Å²) >= 11 is 0. The maximum atomic E-state index is 12.6. The van der Waals surface area contributed by atoms with E-state index in [0.29, 0.717) is 17.1 Å². The first-order valence-corrected chi connectivity index (χ1v) is 10.4. The molecule has 0 radical (unpaired) electrons. The molecule has 6 heteroatoms. The number of methoxy groups -OCH3 is 3. The molecule has 2 aliphatic rings. The predicted molar refractivity (Wildman–Crippen MR) is 119 cm³/mol. The molecule has 0 fully saturated rings. The minimum atomic E-state index is -0.285. The molecule has 6 nitrogen and oxygen atoms in total. The average Bonchev–Trinajstić information content (AvgIpc) is 3.17. The highest BCUT2D eigenvalue weighted by atomic mass is 16.5. The summed E-state index contributed by atoms with van der Waals surface area (Å²) in [7, 11) is 4.95. The highest BCUT2D eigenvalue weighted by Crippen LogP contribution is 2.41. The molecule has 0 unspecified atom stereocenters. The van der Waals surface area contributed by atoms with Crippen LogP contribution in [0.4, 0.5) is 5.69 Å². The van der Waals surface area contributed by atoms with E-state index >= 15 is 0 Å². The Hall–Kier alpha value is -3.41. The van der Waals surface area contributed by atoms with Gasteiger partial charge in [-0.25, -0.2) is 4.79 Å². The fourth-order valence-electron chi connectivity index (χ4n) is 4.79. The lowest BCUT2D eigenvalue weighted by Gasteiger charge is -2.28. The van der Waals surface area contributed by atoms with Crippen LogP contribution in [0.25, 0.3) is 10.8 Å². The van der Waals surface area contributed by atoms with Gasteiger partial charge < -0.3 is 24.3 Å². The summed E-state index contributed by atoms with van der Waals surface area (Å²) in [6, 6.07) is 12.3. The van der Waals surface area contributed by atoms with Gasteiger partial charge in [-0.3, -0.25) is 0 Å². The third-order valence-electron chi connectivity index (χ3n) is 6.30. The van der Waals surface area contributed by atoms with Crippen molar-refractivity contribution < 1.29 is 23.7 Å². The zero-order valence-electron chi connectivity index (χ0n) is 17.9. The Morgan fingerprint density at radius 3 is 2.52 bits per heavy atom. The largest absolute Gasteiger partial charge is 0.496 e. The minimum absolute atomic E-state index is 0.191. The van der Waals surface area contributed by atoms with E-state index in [9.17, 15) is 4.79 Å². The monoisotopic (exact) mass is 419 g/mol. The number of anilines is 1. The van der Waals surface area contributed by atoms with Gasteiger partial charge in [-0.15, -0.1) is 0 Å². The van der Waals surface area contributed by atoms with Crippen LogP contribution in [-0.2, 0) is 24.2 Å². The van der Waals surface area contributed by atoms with E-state index in [2.05, 4.69) is 11.4 Å². The van der Waals surface area contributed by atoms with Gasteiger partial charge in [0.15, 0.2) is 11.5 Å². The van der Waals surface area contributed by atoms with Crippen LogP contribution in [0.15, 0.2) is 36.4 Å². The molecule has 3 aromatic carbocycles. The van der Waals surface area contributed by atoms with Crippen molar-refractivity contribution in [2.45, 2.75) is 31.9 Å². The van der Waals surface area contributed by atoms with E-state index in [4.69, 9.17) is 18.9 Å². The molecule has 31 heavy (non-hydrogen) atoms. The Balaban J connectivity index is 1.59. The summed E-state index contributed by atoms with van der Waals surface area (Å²) < 4.78 is 21.9. The number of carbonyl (C=O) groups is 1. The molecule has 0 aromatic heterocycles. The lowest BCUT2D eigenvalue weighted by atomic mass is 9.87. The first-order chi connectivity index (χ1) is 15.1. The van der Waals surface area contributed by atoms with Crippen LogP contribution in [0.2, 0.25) is 0 Å². The second kappa shape index (κ2) is 7.69. The van der Waals surface area contributed by atoms with Crippen LogP contribution in [0.5, 0.6) is 17.2 Å². The van der Waals surface area contributed by atoms with Crippen molar-refractivity contribution in [3.63, 3.8) is 0 Å². The third-order valence-corrected chi connectivity index (χ3v) is 6.30. The molecule has 1 atom stereocenters. The lowest BCUT2D eigenvalue weighted by Crippen LogP contribution is -2.28. The Morgan fingerprint density at radius 1 is 0.968 bits per heavy atom. The normalized spacial score (nSPS) is 17.0. The first-order valence-electron chi connectivity index (χ1n) is 10.4. The van der Waals surface area contributed by atoms with Crippen LogP contribution in [0.3, 0.4) is 0 Å². The summed E-state index contributed by atoms with van der Waals surface area (Å²) in [5, 5.41) is 5.59. The number of hydrogen-bond donors (Lipinski definition) is 1. The molecule has 160 valence electrons. The van der Waals surface area contributed by atoms with Crippen LogP contribution in [0, 0.1) is 0 Å². The fourth-order valence-corrected chi connectivity index (χ4v) is 4.79. The minimum Gasteiger partial charge on any atom is -0.496 e. The van der Waals surface area contributed by atoms with Crippen molar-refractivity contribution in [2.75, 3.05) is 26.6 Å². The van der Waals surface area contributed by atoms with Crippen LogP contribution in [-0.4, -0.2) is 33.3 Å². The maximum Gasteiger partial charge on any atom is 0.341 e. The van der Waals surface area contributed by atoms with Crippen molar-refractivity contribution in [3.8, 4) is 17.2 Å². The van der Waals surface area contributed by atoms with Gasteiger partial charge in [0.2, 0.25) is 0 Å². The van der Waals surface area contributed by atoms with Gasteiger partial charge >= 0.3 is 5.97 Å².